The molecular formula is C17H17N2O2Ti-. The van der Waals surface area contributed by atoms with Crippen LogP contribution in [0.5, 0.6) is 11.5 Å². The van der Waals surface area contributed by atoms with E-state index in [-0.39, 0.29) is 21.7 Å². The summed E-state index contributed by atoms with van der Waals surface area (Å²) in [5, 5.41) is 19.6. The molecule has 0 amide bonds. The number of phenolic OH excluding ortho intramolecular Hbond substituents is 2. The maximum Gasteiger partial charge on any atom is 0.120 e. The predicted octanol–water partition coefficient (Wildman–Crippen LogP) is 3.00. The number of rotatable bonds is 4. The summed E-state index contributed by atoms with van der Waals surface area (Å²) in [7, 11) is 0. The van der Waals surface area contributed by atoms with Crippen LogP contribution in [0.25, 0.3) is 0 Å². The van der Waals surface area contributed by atoms with Gasteiger partial charge < -0.3 is 20.0 Å². The smallest absolute Gasteiger partial charge is 0.120 e. The van der Waals surface area contributed by atoms with E-state index in [1.807, 2.05) is 65.3 Å². The van der Waals surface area contributed by atoms with Crippen molar-refractivity contribution in [2.24, 2.45) is 0 Å². The maximum atomic E-state index is 9.80. The molecule has 0 unspecified atom stereocenters. The van der Waals surface area contributed by atoms with Crippen LogP contribution in [0.3, 0.4) is 0 Å². The molecule has 0 aromatic heterocycles. The molecule has 2 aromatic carbocycles. The summed E-state index contributed by atoms with van der Waals surface area (Å²) in [6.45, 7) is 3.18. The minimum atomic E-state index is 0. The van der Waals surface area contributed by atoms with Crippen LogP contribution in [-0.4, -0.2) is 20.0 Å². The molecule has 3 rings (SSSR count). The van der Waals surface area contributed by atoms with Crippen LogP contribution in [0.2, 0.25) is 0 Å². The fraction of sp³-hybridized carbons (Fsp3) is 0.118. The molecular weight excluding hydrogens is 312 g/mol. The summed E-state index contributed by atoms with van der Waals surface area (Å²) in [6, 6.07) is 14.6. The Balaban J connectivity index is 0.00000176. The predicted molar refractivity (Wildman–Crippen MR) is 80.7 cm³/mol. The normalized spacial score (nSPS) is 13.3. The van der Waals surface area contributed by atoms with E-state index >= 15 is 0 Å². The van der Waals surface area contributed by atoms with Crippen LogP contribution >= 0.6 is 0 Å². The number of hydrogen-bond acceptors (Lipinski definition) is 4. The molecule has 1 heterocycles. The molecule has 0 fully saturated rings. The minimum Gasteiger partial charge on any atom is -0.508 e. The van der Waals surface area contributed by atoms with E-state index in [9.17, 15) is 10.2 Å². The quantitative estimate of drug-likeness (QED) is 0.669. The van der Waals surface area contributed by atoms with Gasteiger partial charge in [0.15, 0.2) is 0 Å². The average molecular weight is 329 g/mol. The van der Waals surface area contributed by atoms with Crippen molar-refractivity contribution < 1.29 is 31.9 Å². The molecule has 1 aliphatic heterocycles. The van der Waals surface area contributed by atoms with Crippen molar-refractivity contribution in [2.45, 2.75) is 13.1 Å². The molecule has 0 bridgehead atoms. The summed E-state index contributed by atoms with van der Waals surface area (Å²) in [5.41, 5.74) is 1.76. The van der Waals surface area contributed by atoms with Crippen molar-refractivity contribution in [3.8, 4) is 11.5 Å². The van der Waals surface area contributed by atoms with Gasteiger partial charge in [-0.25, -0.2) is 0 Å². The first-order chi connectivity index (χ1) is 10.2. The number of hydrogen-bond donors (Lipinski definition) is 2. The second-order valence-corrected chi connectivity index (χ2v) is 5.02. The first-order valence-electron chi connectivity index (χ1n) is 6.81. The molecule has 0 spiro atoms. The van der Waals surface area contributed by atoms with Crippen LogP contribution in [-0.2, 0) is 34.8 Å². The molecule has 22 heavy (non-hydrogen) atoms. The van der Waals surface area contributed by atoms with Gasteiger partial charge in [-0.1, -0.05) is 36.4 Å². The molecule has 2 N–H and O–H groups in total. The Morgan fingerprint density at radius 1 is 0.727 bits per heavy atom. The zero-order valence-corrected chi connectivity index (χ0v) is 13.6. The Bertz CT molecular complexity index is 605. The van der Waals surface area contributed by atoms with Gasteiger partial charge in [0.25, 0.3) is 0 Å². The van der Waals surface area contributed by atoms with Gasteiger partial charge in [0.05, 0.1) is 0 Å². The standard InChI is InChI=1S/C17H17N2O2.Ti/c20-16-7-3-1-5-14(16)11-18-9-10-19(13-18)12-15-6-2-4-8-17(15)21;/h1-10,13,20-21H,11-12H2;/q-1;. The van der Waals surface area contributed by atoms with Crippen molar-refractivity contribution in [1.29, 1.82) is 0 Å². The SMILES string of the molecule is Oc1ccccc1CN1C=CN(Cc2ccccc2O)[CH-]1.[Ti]. The zero-order chi connectivity index (χ0) is 14.7. The molecule has 2 aromatic rings. The van der Waals surface area contributed by atoms with Crippen LogP contribution in [0.1, 0.15) is 11.1 Å². The Labute approximate surface area is 145 Å². The van der Waals surface area contributed by atoms with E-state index in [0.29, 0.717) is 24.6 Å². The van der Waals surface area contributed by atoms with Crippen molar-refractivity contribution in [2.75, 3.05) is 0 Å². The number of benzene rings is 2. The molecule has 0 aliphatic carbocycles. The van der Waals surface area contributed by atoms with Gasteiger partial charge >= 0.3 is 0 Å². The van der Waals surface area contributed by atoms with Crippen molar-refractivity contribution >= 4 is 0 Å². The van der Waals surface area contributed by atoms with E-state index in [0.717, 1.165) is 11.1 Å². The van der Waals surface area contributed by atoms with E-state index in [1.165, 1.54) is 0 Å². The van der Waals surface area contributed by atoms with Gasteiger partial charge in [0, 0.05) is 45.9 Å². The van der Waals surface area contributed by atoms with E-state index in [1.54, 1.807) is 12.1 Å². The van der Waals surface area contributed by atoms with Gasteiger partial charge in [-0.05, 0) is 24.5 Å². The van der Waals surface area contributed by atoms with Crippen LogP contribution < -0.4 is 0 Å². The third kappa shape index (κ3) is 3.84. The Morgan fingerprint density at radius 2 is 1.14 bits per heavy atom. The summed E-state index contributed by atoms with van der Waals surface area (Å²) in [5.74, 6) is 0.608. The fourth-order valence-electron chi connectivity index (χ4n) is 2.31. The topological polar surface area (TPSA) is 46.9 Å². The minimum absolute atomic E-state index is 0. The van der Waals surface area contributed by atoms with E-state index < -0.39 is 0 Å². The maximum absolute atomic E-state index is 9.80. The third-order valence-corrected chi connectivity index (χ3v) is 3.44. The molecule has 0 radical (unpaired) electrons. The van der Waals surface area contributed by atoms with Gasteiger partial charge in [-0.15, -0.1) is 0 Å². The second-order valence-electron chi connectivity index (χ2n) is 5.02. The molecule has 5 heteroatoms. The molecule has 0 saturated heterocycles. The monoisotopic (exact) mass is 329 g/mol. The first-order valence-corrected chi connectivity index (χ1v) is 6.81. The van der Waals surface area contributed by atoms with Crippen LogP contribution in [0.15, 0.2) is 60.9 Å². The van der Waals surface area contributed by atoms with Gasteiger partial charge in [0.1, 0.15) is 11.5 Å². The van der Waals surface area contributed by atoms with E-state index in [2.05, 4.69) is 0 Å². The molecule has 0 atom stereocenters. The van der Waals surface area contributed by atoms with Crippen LogP contribution in [0, 0.1) is 6.67 Å². The molecule has 1 aliphatic rings. The first kappa shape index (κ1) is 16.5. The van der Waals surface area contributed by atoms with Gasteiger partial charge in [-0.2, -0.15) is 6.67 Å². The number of nitrogens with zero attached hydrogens (tertiary/aromatic N) is 2. The van der Waals surface area contributed by atoms with Crippen molar-refractivity contribution in [3.63, 3.8) is 0 Å². The largest absolute Gasteiger partial charge is 0.508 e. The Morgan fingerprint density at radius 3 is 1.55 bits per heavy atom. The summed E-state index contributed by atoms with van der Waals surface area (Å²) < 4.78 is 0. The molecule has 0 saturated carbocycles. The number of aromatic hydroxyl groups is 2. The summed E-state index contributed by atoms with van der Waals surface area (Å²) >= 11 is 0. The Hall–Kier alpha value is -1.91. The van der Waals surface area contributed by atoms with Gasteiger partial charge in [-0.3, -0.25) is 0 Å². The molecule has 112 valence electrons. The third-order valence-electron chi connectivity index (χ3n) is 3.44. The van der Waals surface area contributed by atoms with Crippen LogP contribution in [0.4, 0.5) is 0 Å². The Kier molecular flexibility index (Phi) is 5.53. The molecule has 4 nitrogen and oxygen atoms in total. The van der Waals surface area contributed by atoms with Crippen molar-refractivity contribution in [1.82, 2.24) is 9.80 Å². The summed E-state index contributed by atoms with van der Waals surface area (Å²) in [4.78, 5) is 3.99. The average Bonchev–Trinajstić information content (AvgIpc) is 2.91. The summed E-state index contributed by atoms with van der Waals surface area (Å²) in [6.07, 6.45) is 3.90. The zero-order valence-electron chi connectivity index (χ0n) is 12.1. The number of phenols is 2. The van der Waals surface area contributed by atoms with Crippen molar-refractivity contribution in [3.05, 3.63) is 78.7 Å². The second kappa shape index (κ2) is 7.39. The number of para-hydroxylation sites is 2. The van der Waals surface area contributed by atoms with E-state index in [4.69, 9.17) is 0 Å². The fourth-order valence-corrected chi connectivity index (χ4v) is 2.31. The van der Waals surface area contributed by atoms with Gasteiger partial charge in [0.2, 0.25) is 0 Å².